The second-order valence-corrected chi connectivity index (χ2v) is 5.86. The molecule has 2 aliphatic rings. The van der Waals surface area contributed by atoms with E-state index in [1.165, 1.54) is 0 Å². The van der Waals surface area contributed by atoms with Crippen LogP contribution in [0.15, 0.2) is 0 Å². The number of ether oxygens (including phenoxy) is 2. The molecule has 5 nitrogen and oxygen atoms in total. The van der Waals surface area contributed by atoms with E-state index in [9.17, 15) is 9.90 Å². The number of hydrogen-bond acceptors (Lipinski definition) is 4. The summed E-state index contributed by atoms with van der Waals surface area (Å²) in [7, 11) is 0. The molecule has 0 aromatic rings. The zero-order valence-electron chi connectivity index (χ0n) is 10.7. The van der Waals surface area contributed by atoms with E-state index in [1.54, 1.807) is 4.90 Å². The van der Waals surface area contributed by atoms with Crippen molar-refractivity contribution < 1.29 is 19.4 Å². The smallest absolute Gasteiger partial charge is 0.410 e. The van der Waals surface area contributed by atoms with Gasteiger partial charge in [0.1, 0.15) is 5.60 Å². The van der Waals surface area contributed by atoms with Crippen LogP contribution in [0.4, 0.5) is 4.79 Å². The summed E-state index contributed by atoms with van der Waals surface area (Å²) in [6.45, 7) is 6.56. The number of carbonyl (C=O) groups excluding carboxylic acids is 1. The summed E-state index contributed by atoms with van der Waals surface area (Å²) >= 11 is 0. The Morgan fingerprint density at radius 1 is 1.29 bits per heavy atom. The highest BCUT2D eigenvalue weighted by molar-refractivity contribution is 5.69. The summed E-state index contributed by atoms with van der Waals surface area (Å²) in [5.41, 5.74) is -0.484. The number of nitrogens with zero attached hydrogens (tertiary/aromatic N) is 1. The topological polar surface area (TPSA) is 59.0 Å². The Bertz CT molecular complexity index is 285. The second kappa shape index (κ2) is 4.46. The van der Waals surface area contributed by atoms with Gasteiger partial charge < -0.3 is 14.6 Å². The lowest BCUT2D eigenvalue weighted by Gasteiger charge is -2.47. The number of carbonyl (C=O) groups is 1. The van der Waals surface area contributed by atoms with Crippen LogP contribution in [0, 0.1) is 0 Å². The molecule has 5 heteroatoms. The van der Waals surface area contributed by atoms with Crippen LogP contribution in [-0.4, -0.2) is 53.1 Å². The van der Waals surface area contributed by atoms with E-state index in [0.29, 0.717) is 26.1 Å². The summed E-state index contributed by atoms with van der Waals surface area (Å²) in [6.07, 6.45) is 0.543. The third kappa shape index (κ3) is 2.90. The van der Waals surface area contributed by atoms with E-state index in [0.717, 1.165) is 0 Å². The molecule has 2 aliphatic heterocycles. The maximum atomic E-state index is 12.1. The van der Waals surface area contributed by atoms with Crippen LogP contribution in [0.25, 0.3) is 0 Å². The molecule has 2 bridgehead atoms. The van der Waals surface area contributed by atoms with Gasteiger partial charge in [-0.15, -0.1) is 0 Å². The number of morpholine rings is 1. The van der Waals surface area contributed by atoms with Gasteiger partial charge in [-0.25, -0.2) is 4.79 Å². The number of aliphatic hydroxyl groups excluding tert-OH is 1. The lowest BCUT2D eigenvalue weighted by molar-refractivity contribution is -0.103. The van der Waals surface area contributed by atoms with Crippen LogP contribution < -0.4 is 0 Å². The Kier molecular flexibility index (Phi) is 3.32. The van der Waals surface area contributed by atoms with Gasteiger partial charge in [-0.1, -0.05) is 0 Å². The number of fused-ring (bicyclic) bond motifs is 2. The zero-order chi connectivity index (χ0) is 12.6. The van der Waals surface area contributed by atoms with Crippen LogP contribution in [0.3, 0.4) is 0 Å². The first-order valence-corrected chi connectivity index (χ1v) is 6.14. The number of aliphatic hydroxyl groups is 1. The fraction of sp³-hybridized carbons (Fsp3) is 0.917. The number of rotatable bonds is 0. The molecule has 2 atom stereocenters. The maximum absolute atomic E-state index is 12.1. The summed E-state index contributed by atoms with van der Waals surface area (Å²) < 4.78 is 10.8. The van der Waals surface area contributed by atoms with Crippen molar-refractivity contribution in [3.05, 3.63) is 0 Å². The fourth-order valence-electron chi connectivity index (χ4n) is 2.50. The average molecular weight is 243 g/mol. The van der Waals surface area contributed by atoms with Crippen LogP contribution in [0.1, 0.15) is 33.6 Å². The molecule has 2 unspecified atom stereocenters. The minimum Gasteiger partial charge on any atom is -0.444 e. The molecule has 2 heterocycles. The molecule has 2 saturated heterocycles. The molecule has 0 aromatic carbocycles. The van der Waals surface area contributed by atoms with E-state index < -0.39 is 5.60 Å². The lowest BCUT2D eigenvalue weighted by Crippen LogP contribution is -2.60. The van der Waals surface area contributed by atoms with Crippen molar-refractivity contribution in [2.75, 3.05) is 13.2 Å². The first-order chi connectivity index (χ1) is 7.87. The van der Waals surface area contributed by atoms with Gasteiger partial charge in [0.25, 0.3) is 0 Å². The normalized spacial score (nSPS) is 33.4. The minimum absolute atomic E-state index is 0.0488. The van der Waals surface area contributed by atoms with Crippen LogP contribution in [-0.2, 0) is 9.47 Å². The third-order valence-electron chi connectivity index (χ3n) is 3.10. The first kappa shape index (κ1) is 12.6. The minimum atomic E-state index is -0.484. The second-order valence-electron chi connectivity index (χ2n) is 5.86. The van der Waals surface area contributed by atoms with Gasteiger partial charge in [0.2, 0.25) is 0 Å². The average Bonchev–Trinajstić information content (AvgIpc) is 2.12. The third-order valence-corrected chi connectivity index (χ3v) is 3.10. The molecule has 2 rings (SSSR count). The molecule has 1 N–H and O–H groups in total. The summed E-state index contributed by atoms with van der Waals surface area (Å²) in [6, 6.07) is -0.0975. The van der Waals surface area contributed by atoms with Crippen molar-refractivity contribution >= 4 is 6.09 Å². The van der Waals surface area contributed by atoms with E-state index in [-0.39, 0.29) is 24.3 Å². The predicted molar refractivity (Wildman–Crippen MR) is 61.7 cm³/mol. The van der Waals surface area contributed by atoms with Crippen molar-refractivity contribution in [3.8, 4) is 0 Å². The van der Waals surface area contributed by atoms with Crippen molar-refractivity contribution in [3.63, 3.8) is 0 Å². The molecule has 98 valence electrons. The standard InChI is InChI=1S/C12H21NO4/c1-12(2,3)17-11(15)13-8-4-10(14)5-9(13)7-16-6-8/h8-10,14H,4-7H2,1-3H3. The first-order valence-electron chi connectivity index (χ1n) is 6.14. The Morgan fingerprint density at radius 3 is 2.29 bits per heavy atom. The fourth-order valence-corrected chi connectivity index (χ4v) is 2.50. The highest BCUT2D eigenvalue weighted by Gasteiger charge is 2.42. The molecular weight excluding hydrogens is 222 g/mol. The molecule has 17 heavy (non-hydrogen) atoms. The van der Waals surface area contributed by atoms with Crippen LogP contribution in [0.2, 0.25) is 0 Å². The molecule has 0 saturated carbocycles. The zero-order valence-corrected chi connectivity index (χ0v) is 10.7. The highest BCUT2D eigenvalue weighted by Crippen LogP contribution is 2.29. The summed E-state index contributed by atoms with van der Waals surface area (Å²) in [4.78, 5) is 13.9. The summed E-state index contributed by atoms with van der Waals surface area (Å²) in [5.74, 6) is 0. The van der Waals surface area contributed by atoms with Crippen molar-refractivity contribution in [1.82, 2.24) is 4.90 Å². The number of piperidine rings is 1. The van der Waals surface area contributed by atoms with Gasteiger partial charge in [-0.3, -0.25) is 4.90 Å². The van der Waals surface area contributed by atoms with E-state index in [4.69, 9.17) is 9.47 Å². The van der Waals surface area contributed by atoms with Crippen LogP contribution >= 0.6 is 0 Å². The van der Waals surface area contributed by atoms with Crippen molar-refractivity contribution in [2.24, 2.45) is 0 Å². The largest absolute Gasteiger partial charge is 0.444 e. The molecule has 0 aliphatic carbocycles. The Labute approximate surface area is 102 Å². The van der Waals surface area contributed by atoms with Gasteiger partial charge in [0, 0.05) is 0 Å². The van der Waals surface area contributed by atoms with Gasteiger partial charge in [-0.05, 0) is 33.6 Å². The van der Waals surface area contributed by atoms with Crippen LogP contribution in [0.5, 0.6) is 0 Å². The van der Waals surface area contributed by atoms with E-state index in [1.807, 2.05) is 20.8 Å². The molecule has 0 radical (unpaired) electrons. The quantitative estimate of drug-likeness (QED) is 0.693. The SMILES string of the molecule is CC(C)(C)OC(=O)N1C2COCC1CC(O)C2. The van der Waals surface area contributed by atoms with Gasteiger partial charge in [0.05, 0.1) is 31.4 Å². The van der Waals surface area contributed by atoms with E-state index >= 15 is 0 Å². The lowest BCUT2D eigenvalue weighted by atomic mass is 9.92. The van der Waals surface area contributed by atoms with Gasteiger partial charge in [-0.2, -0.15) is 0 Å². The summed E-state index contributed by atoms with van der Waals surface area (Å²) in [5, 5.41) is 9.71. The van der Waals surface area contributed by atoms with Crippen molar-refractivity contribution in [2.45, 2.75) is 57.4 Å². The molecular formula is C12H21NO4. The Balaban J connectivity index is 2.07. The van der Waals surface area contributed by atoms with Gasteiger partial charge in [0.15, 0.2) is 0 Å². The number of amides is 1. The molecule has 2 fully saturated rings. The Morgan fingerprint density at radius 2 is 1.82 bits per heavy atom. The molecule has 0 aromatic heterocycles. The van der Waals surface area contributed by atoms with E-state index in [2.05, 4.69) is 0 Å². The molecule has 1 amide bonds. The predicted octanol–water partition coefficient (Wildman–Crippen LogP) is 1.15. The van der Waals surface area contributed by atoms with Gasteiger partial charge >= 0.3 is 6.09 Å². The maximum Gasteiger partial charge on any atom is 0.410 e. The molecule has 0 spiro atoms. The van der Waals surface area contributed by atoms with Crippen molar-refractivity contribution in [1.29, 1.82) is 0 Å². The highest BCUT2D eigenvalue weighted by atomic mass is 16.6. The monoisotopic (exact) mass is 243 g/mol. The number of hydrogen-bond donors (Lipinski definition) is 1. The Hall–Kier alpha value is -0.810.